The number of amides is 1. The number of carboxylic acids is 1. The lowest BCUT2D eigenvalue weighted by atomic mass is 9.85. The molecular formula is C17H18N4O3. The van der Waals surface area contributed by atoms with Crippen molar-refractivity contribution in [1.82, 2.24) is 9.97 Å². The zero-order valence-corrected chi connectivity index (χ0v) is 13.0. The standard InChI is InChI=1S/C17H18N4O3/c22-16(12-4-2-5-12)21-13-6-1-3-11(7-13)8-19-15-10-18-14(9-20-15)17(23)24/h1,3,6-7,9-10,12H,2,4-5,8H2,(H,19,20)(H,21,22)(H,23,24). The van der Waals surface area contributed by atoms with Gasteiger partial charge in [-0.05, 0) is 30.5 Å². The molecule has 0 unspecified atom stereocenters. The zero-order valence-electron chi connectivity index (χ0n) is 13.0. The normalized spacial score (nSPS) is 13.8. The van der Waals surface area contributed by atoms with Gasteiger partial charge in [0.2, 0.25) is 5.91 Å². The summed E-state index contributed by atoms with van der Waals surface area (Å²) in [6.07, 6.45) is 5.66. The van der Waals surface area contributed by atoms with Crippen LogP contribution in [-0.4, -0.2) is 27.0 Å². The zero-order chi connectivity index (χ0) is 16.9. The fourth-order valence-corrected chi connectivity index (χ4v) is 2.40. The fourth-order valence-electron chi connectivity index (χ4n) is 2.40. The Kier molecular flexibility index (Phi) is 4.69. The summed E-state index contributed by atoms with van der Waals surface area (Å²) in [5.41, 5.74) is 1.66. The van der Waals surface area contributed by atoms with Crippen LogP contribution in [-0.2, 0) is 11.3 Å². The Labute approximate surface area is 139 Å². The van der Waals surface area contributed by atoms with Crippen LogP contribution >= 0.6 is 0 Å². The highest BCUT2D eigenvalue weighted by molar-refractivity contribution is 5.93. The topological polar surface area (TPSA) is 104 Å². The van der Waals surface area contributed by atoms with Crippen LogP contribution in [0.3, 0.4) is 0 Å². The van der Waals surface area contributed by atoms with Crippen molar-refractivity contribution in [2.75, 3.05) is 10.6 Å². The number of rotatable bonds is 6. The van der Waals surface area contributed by atoms with Crippen molar-refractivity contribution in [3.8, 4) is 0 Å². The molecule has 24 heavy (non-hydrogen) atoms. The molecule has 1 aromatic carbocycles. The number of anilines is 2. The first-order valence-corrected chi connectivity index (χ1v) is 7.81. The number of nitrogens with one attached hydrogen (secondary N) is 2. The molecule has 0 spiro atoms. The first kappa shape index (κ1) is 15.9. The highest BCUT2D eigenvalue weighted by atomic mass is 16.4. The SMILES string of the molecule is O=C(O)c1cnc(NCc2cccc(NC(=O)C3CCC3)c2)cn1. The molecule has 124 valence electrons. The third kappa shape index (κ3) is 3.87. The van der Waals surface area contributed by atoms with Gasteiger partial charge < -0.3 is 15.7 Å². The highest BCUT2D eigenvalue weighted by Crippen LogP contribution is 2.27. The molecule has 0 aliphatic heterocycles. The van der Waals surface area contributed by atoms with Crippen LogP contribution in [0.2, 0.25) is 0 Å². The molecule has 1 heterocycles. The van der Waals surface area contributed by atoms with Crippen molar-refractivity contribution < 1.29 is 14.7 Å². The van der Waals surface area contributed by atoms with E-state index in [2.05, 4.69) is 20.6 Å². The van der Waals surface area contributed by atoms with E-state index in [4.69, 9.17) is 5.11 Å². The van der Waals surface area contributed by atoms with Crippen molar-refractivity contribution >= 4 is 23.4 Å². The van der Waals surface area contributed by atoms with Gasteiger partial charge in [-0.15, -0.1) is 0 Å². The number of hydrogen-bond acceptors (Lipinski definition) is 5. The van der Waals surface area contributed by atoms with Crippen molar-refractivity contribution in [2.24, 2.45) is 5.92 Å². The van der Waals surface area contributed by atoms with Crippen LogP contribution in [0, 0.1) is 5.92 Å². The second-order valence-electron chi connectivity index (χ2n) is 5.76. The van der Waals surface area contributed by atoms with Crippen LogP contribution in [0.1, 0.15) is 35.3 Å². The van der Waals surface area contributed by atoms with E-state index in [1.165, 1.54) is 12.4 Å². The molecule has 0 bridgehead atoms. The van der Waals surface area contributed by atoms with Gasteiger partial charge in [0, 0.05) is 18.2 Å². The summed E-state index contributed by atoms with van der Waals surface area (Å²) in [6.45, 7) is 0.494. The molecule has 2 aromatic rings. The minimum absolute atomic E-state index is 0.0847. The Balaban J connectivity index is 1.57. The number of hydrogen-bond donors (Lipinski definition) is 3. The van der Waals surface area contributed by atoms with Crippen LogP contribution in [0.25, 0.3) is 0 Å². The molecule has 1 aliphatic rings. The van der Waals surface area contributed by atoms with Gasteiger partial charge in [0.1, 0.15) is 5.82 Å². The minimum atomic E-state index is -1.11. The molecule has 3 rings (SSSR count). The molecule has 7 nitrogen and oxygen atoms in total. The maximum absolute atomic E-state index is 12.0. The van der Waals surface area contributed by atoms with E-state index in [9.17, 15) is 9.59 Å². The molecule has 0 radical (unpaired) electrons. The van der Waals surface area contributed by atoms with Crippen LogP contribution in [0.4, 0.5) is 11.5 Å². The van der Waals surface area contributed by atoms with Gasteiger partial charge in [0.25, 0.3) is 0 Å². The Hall–Kier alpha value is -2.96. The monoisotopic (exact) mass is 326 g/mol. The number of aromatic nitrogens is 2. The van der Waals surface area contributed by atoms with Gasteiger partial charge in [-0.2, -0.15) is 0 Å². The summed E-state index contributed by atoms with van der Waals surface area (Å²) in [6, 6.07) is 7.59. The van der Waals surface area contributed by atoms with Crippen molar-refractivity contribution in [3.05, 3.63) is 47.9 Å². The van der Waals surface area contributed by atoms with E-state index in [1.54, 1.807) is 0 Å². The second kappa shape index (κ2) is 7.08. The Morgan fingerprint density at radius 3 is 2.67 bits per heavy atom. The molecule has 0 atom stereocenters. The third-order valence-corrected chi connectivity index (χ3v) is 4.02. The molecule has 1 fully saturated rings. The van der Waals surface area contributed by atoms with Crippen molar-refractivity contribution in [3.63, 3.8) is 0 Å². The predicted molar refractivity (Wildman–Crippen MR) is 88.7 cm³/mol. The van der Waals surface area contributed by atoms with E-state index in [-0.39, 0.29) is 17.5 Å². The third-order valence-electron chi connectivity index (χ3n) is 4.02. The largest absolute Gasteiger partial charge is 0.476 e. The second-order valence-corrected chi connectivity index (χ2v) is 5.76. The van der Waals surface area contributed by atoms with Gasteiger partial charge in [0.05, 0.1) is 12.4 Å². The molecule has 1 aliphatic carbocycles. The van der Waals surface area contributed by atoms with E-state index in [1.807, 2.05) is 24.3 Å². The molecular weight excluding hydrogens is 308 g/mol. The first-order valence-electron chi connectivity index (χ1n) is 7.81. The summed E-state index contributed by atoms with van der Waals surface area (Å²) in [4.78, 5) is 30.5. The van der Waals surface area contributed by atoms with Gasteiger partial charge >= 0.3 is 5.97 Å². The Morgan fingerprint density at radius 2 is 2.04 bits per heavy atom. The summed E-state index contributed by atoms with van der Waals surface area (Å²) in [5, 5.41) is 14.8. The first-order chi connectivity index (χ1) is 11.6. The van der Waals surface area contributed by atoms with E-state index in [0.717, 1.165) is 30.5 Å². The Bertz CT molecular complexity index is 742. The summed E-state index contributed by atoms with van der Waals surface area (Å²) < 4.78 is 0. The summed E-state index contributed by atoms with van der Waals surface area (Å²) in [5.74, 6) is -0.385. The average molecular weight is 326 g/mol. The smallest absolute Gasteiger partial charge is 0.356 e. The number of aromatic carboxylic acids is 1. The molecule has 1 aromatic heterocycles. The van der Waals surface area contributed by atoms with Gasteiger partial charge in [-0.25, -0.2) is 14.8 Å². The quantitative estimate of drug-likeness (QED) is 0.753. The maximum Gasteiger partial charge on any atom is 0.356 e. The number of benzene rings is 1. The minimum Gasteiger partial charge on any atom is -0.476 e. The average Bonchev–Trinajstić information content (AvgIpc) is 2.52. The lowest BCUT2D eigenvalue weighted by molar-refractivity contribution is -0.122. The number of carbonyl (C=O) groups is 2. The fraction of sp³-hybridized carbons (Fsp3) is 0.294. The summed E-state index contributed by atoms with van der Waals surface area (Å²) >= 11 is 0. The number of carboxylic acid groups (broad SMARTS) is 1. The van der Waals surface area contributed by atoms with Gasteiger partial charge in [-0.1, -0.05) is 18.6 Å². The Morgan fingerprint density at radius 1 is 1.21 bits per heavy atom. The maximum atomic E-state index is 12.0. The number of carbonyl (C=O) groups excluding carboxylic acids is 1. The highest BCUT2D eigenvalue weighted by Gasteiger charge is 2.25. The van der Waals surface area contributed by atoms with Crippen LogP contribution in [0.5, 0.6) is 0 Å². The lowest BCUT2D eigenvalue weighted by Gasteiger charge is -2.24. The van der Waals surface area contributed by atoms with Gasteiger partial charge in [0.15, 0.2) is 5.69 Å². The molecule has 3 N–H and O–H groups in total. The van der Waals surface area contributed by atoms with E-state index in [0.29, 0.717) is 12.4 Å². The summed E-state index contributed by atoms with van der Waals surface area (Å²) in [7, 11) is 0. The van der Waals surface area contributed by atoms with E-state index < -0.39 is 5.97 Å². The van der Waals surface area contributed by atoms with Crippen molar-refractivity contribution in [2.45, 2.75) is 25.8 Å². The lowest BCUT2D eigenvalue weighted by Crippen LogP contribution is -2.28. The van der Waals surface area contributed by atoms with Crippen LogP contribution in [0.15, 0.2) is 36.7 Å². The van der Waals surface area contributed by atoms with Gasteiger partial charge in [-0.3, -0.25) is 4.79 Å². The molecule has 0 saturated heterocycles. The van der Waals surface area contributed by atoms with Crippen molar-refractivity contribution in [1.29, 1.82) is 0 Å². The predicted octanol–water partition coefficient (Wildman–Crippen LogP) is 2.53. The number of nitrogens with zero attached hydrogens (tertiary/aromatic N) is 2. The molecule has 1 saturated carbocycles. The van der Waals surface area contributed by atoms with E-state index >= 15 is 0 Å². The van der Waals surface area contributed by atoms with Crippen LogP contribution < -0.4 is 10.6 Å². The molecule has 7 heteroatoms. The molecule has 1 amide bonds.